The van der Waals surface area contributed by atoms with Crippen LogP contribution in [0.1, 0.15) is 11.3 Å². The Morgan fingerprint density at radius 1 is 1.70 bits per heavy atom. The molecule has 0 aliphatic rings. The van der Waals surface area contributed by atoms with Crippen molar-refractivity contribution in [2.75, 3.05) is 0 Å². The third-order valence-electron chi connectivity index (χ3n) is 1.24. The molecule has 1 aromatic rings. The first-order valence-corrected chi connectivity index (χ1v) is 3.34. The molecule has 1 aromatic heterocycles. The molecule has 0 fully saturated rings. The molecule has 0 spiro atoms. The fourth-order valence-corrected chi connectivity index (χ4v) is 0.957. The monoisotopic (exact) mass is 152 g/mol. The first kappa shape index (κ1) is 7.15. The summed E-state index contributed by atoms with van der Waals surface area (Å²) in [6, 6.07) is 3.79. The molecule has 0 atom stereocenters. The highest BCUT2D eigenvalue weighted by atomic mass is 32.1. The van der Waals surface area contributed by atoms with E-state index in [1.807, 2.05) is 19.1 Å². The molecule has 1 rings (SSSR count). The van der Waals surface area contributed by atoms with Crippen molar-refractivity contribution < 1.29 is 0 Å². The number of pyridine rings is 1. The van der Waals surface area contributed by atoms with Gasteiger partial charge in [-0.3, -0.25) is 4.98 Å². The van der Waals surface area contributed by atoms with Gasteiger partial charge in [0.25, 0.3) is 0 Å². The third kappa shape index (κ3) is 1.30. The minimum absolute atomic E-state index is 0.359. The van der Waals surface area contributed by atoms with Gasteiger partial charge in [0.1, 0.15) is 4.99 Å². The van der Waals surface area contributed by atoms with Gasteiger partial charge in [0.15, 0.2) is 0 Å². The van der Waals surface area contributed by atoms with Gasteiger partial charge in [-0.25, -0.2) is 0 Å². The van der Waals surface area contributed by atoms with Gasteiger partial charge in [-0.15, -0.1) is 0 Å². The zero-order valence-corrected chi connectivity index (χ0v) is 6.48. The van der Waals surface area contributed by atoms with Crippen molar-refractivity contribution in [2.24, 2.45) is 5.73 Å². The van der Waals surface area contributed by atoms with Crippen molar-refractivity contribution in [3.8, 4) is 0 Å². The van der Waals surface area contributed by atoms with Gasteiger partial charge in [0.05, 0.1) is 5.69 Å². The molecule has 0 aliphatic carbocycles. The number of hydrogen-bond acceptors (Lipinski definition) is 2. The molecule has 0 aliphatic heterocycles. The molecule has 2 N–H and O–H groups in total. The van der Waals surface area contributed by atoms with Crippen molar-refractivity contribution in [2.45, 2.75) is 6.92 Å². The van der Waals surface area contributed by atoms with Crippen LogP contribution in [-0.4, -0.2) is 9.97 Å². The van der Waals surface area contributed by atoms with E-state index in [9.17, 15) is 0 Å². The molecule has 3 heteroatoms. The minimum atomic E-state index is 0.359. The Hall–Kier alpha value is -0.960. The number of aromatic nitrogens is 1. The van der Waals surface area contributed by atoms with Crippen LogP contribution in [0.2, 0.25) is 0 Å². The van der Waals surface area contributed by atoms with E-state index in [0.717, 1.165) is 11.3 Å². The molecule has 2 nitrogen and oxygen atoms in total. The van der Waals surface area contributed by atoms with Crippen LogP contribution in [-0.2, 0) is 0 Å². The first-order chi connectivity index (χ1) is 4.72. The summed E-state index contributed by atoms with van der Waals surface area (Å²) in [5.41, 5.74) is 7.13. The van der Waals surface area contributed by atoms with Crippen molar-refractivity contribution >= 4 is 17.2 Å². The molecule has 0 saturated carbocycles. The fourth-order valence-electron chi connectivity index (χ4n) is 0.744. The summed E-state index contributed by atoms with van der Waals surface area (Å²) in [4.78, 5) is 4.37. The number of nitrogens with two attached hydrogens (primary N) is 1. The van der Waals surface area contributed by atoms with Crippen LogP contribution in [0.5, 0.6) is 0 Å². The van der Waals surface area contributed by atoms with Crippen LogP contribution in [0.25, 0.3) is 0 Å². The molecular formula is C7H8N2S. The fraction of sp³-hybridized carbons (Fsp3) is 0.143. The highest BCUT2D eigenvalue weighted by molar-refractivity contribution is 7.80. The van der Waals surface area contributed by atoms with Crippen LogP contribution in [0, 0.1) is 6.92 Å². The maximum atomic E-state index is 5.38. The number of hydrogen-bond donors (Lipinski definition) is 1. The lowest BCUT2D eigenvalue weighted by molar-refractivity contribution is 1.23. The zero-order chi connectivity index (χ0) is 7.56. The maximum Gasteiger partial charge on any atom is 0.122 e. The van der Waals surface area contributed by atoms with E-state index in [1.165, 1.54) is 0 Å². The summed E-state index contributed by atoms with van der Waals surface area (Å²) >= 11 is 4.76. The lowest BCUT2D eigenvalue weighted by Crippen LogP contribution is -2.12. The van der Waals surface area contributed by atoms with Crippen LogP contribution in [0.3, 0.4) is 0 Å². The average molecular weight is 152 g/mol. The predicted octanol–water partition coefficient (Wildman–Crippen LogP) is 1.02. The molecule has 0 aromatic carbocycles. The number of rotatable bonds is 1. The van der Waals surface area contributed by atoms with Crippen molar-refractivity contribution in [3.63, 3.8) is 0 Å². The van der Waals surface area contributed by atoms with Crippen LogP contribution in [0.4, 0.5) is 0 Å². The van der Waals surface area contributed by atoms with Gasteiger partial charge in [0, 0.05) is 6.20 Å². The third-order valence-corrected chi connectivity index (χ3v) is 1.44. The molecule has 0 amide bonds. The van der Waals surface area contributed by atoms with E-state index >= 15 is 0 Å². The summed E-state index contributed by atoms with van der Waals surface area (Å²) in [6.07, 6.45) is 1.68. The number of aryl methyl sites for hydroxylation is 1. The summed E-state index contributed by atoms with van der Waals surface area (Å²) < 4.78 is 0. The number of nitrogens with zero attached hydrogens (tertiary/aromatic N) is 1. The van der Waals surface area contributed by atoms with E-state index in [2.05, 4.69) is 4.98 Å². The SMILES string of the molecule is Cc1cccnc1C(N)=S. The highest BCUT2D eigenvalue weighted by Gasteiger charge is 1.98. The van der Waals surface area contributed by atoms with Crippen molar-refractivity contribution in [1.82, 2.24) is 4.98 Å². The smallest absolute Gasteiger partial charge is 0.122 e. The standard InChI is InChI=1S/C7H8N2S/c1-5-3-2-4-9-6(5)7(8)10/h2-4H,1H3,(H2,8,10). The zero-order valence-electron chi connectivity index (χ0n) is 5.66. The normalized spacial score (nSPS) is 9.30. The largest absolute Gasteiger partial charge is 0.388 e. The van der Waals surface area contributed by atoms with Gasteiger partial charge in [-0.2, -0.15) is 0 Å². The molecule has 0 bridgehead atoms. The minimum Gasteiger partial charge on any atom is -0.388 e. The highest BCUT2D eigenvalue weighted by Crippen LogP contribution is 2.01. The summed E-state index contributed by atoms with van der Waals surface area (Å²) in [5, 5.41) is 0. The quantitative estimate of drug-likeness (QED) is 0.611. The first-order valence-electron chi connectivity index (χ1n) is 2.93. The van der Waals surface area contributed by atoms with Gasteiger partial charge < -0.3 is 5.73 Å². The molecule has 1 heterocycles. The Bertz CT molecular complexity index is 258. The Morgan fingerprint density at radius 2 is 2.40 bits per heavy atom. The van der Waals surface area contributed by atoms with E-state index < -0.39 is 0 Å². The summed E-state index contributed by atoms with van der Waals surface area (Å²) in [7, 11) is 0. The molecule has 0 saturated heterocycles. The Balaban J connectivity index is 3.15. The molecule has 52 valence electrons. The van der Waals surface area contributed by atoms with Crippen molar-refractivity contribution in [1.29, 1.82) is 0 Å². The Labute approximate surface area is 65.1 Å². The Kier molecular flexibility index (Phi) is 1.97. The topological polar surface area (TPSA) is 38.9 Å². The van der Waals surface area contributed by atoms with Crippen molar-refractivity contribution in [3.05, 3.63) is 29.6 Å². The molecule has 0 radical (unpaired) electrons. The molecule has 0 unspecified atom stereocenters. The van der Waals surface area contributed by atoms with Crippen LogP contribution < -0.4 is 5.73 Å². The van der Waals surface area contributed by atoms with Gasteiger partial charge in [-0.05, 0) is 18.6 Å². The van der Waals surface area contributed by atoms with E-state index in [0.29, 0.717) is 4.99 Å². The van der Waals surface area contributed by atoms with Gasteiger partial charge in [-0.1, -0.05) is 18.3 Å². The second-order valence-corrected chi connectivity index (χ2v) is 2.47. The van der Waals surface area contributed by atoms with E-state index in [1.54, 1.807) is 6.20 Å². The summed E-state index contributed by atoms with van der Waals surface area (Å²) in [5.74, 6) is 0. The van der Waals surface area contributed by atoms with Crippen LogP contribution >= 0.6 is 12.2 Å². The average Bonchev–Trinajstić information content (AvgIpc) is 1.88. The van der Waals surface area contributed by atoms with E-state index in [4.69, 9.17) is 18.0 Å². The summed E-state index contributed by atoms with van der Waals surface area (Å²) in [6.45, 7) is 1.93. The lowest BCUT2D eigenvalue weighted by atomic mass is 10.2. The Morgan fingerprint density at radius 3 is 2.80 bits per heavy atom. The lowest BCUT2D eigenvalue weighted by Gasteiger charge is -1.98. The number of thiocarbonyl (C=S) groups is 1. The molecular weight excluding hydrogens is 144 g/mol. The van der Waals surface area contributed by atoms with Crippen LogP contribution in [0.15, 0.2) is 18.3 Å². The maximum absolute atomic E-state index is 5.38. The van der Waals surface area contributed by atoms with Gasteiger partial charge in [0.2, 0.25) is 0 Å². The van der Waals surface area contributed by atoms with Gasteiger partial charge >= 0.3 is 0 Å². The second-order valence-electron chi connectivity index (χ2n) is 2.03. The molecule has 10 heavy (non-hydrogen) atoms. The van der Waals surface area contributed by atoms with E-state index in [-0.39, 0.29) is 0 Å². The predicted molar refractivity (Wildman–Crippen MR) is 44.9 cm³/mol. The second kappa shape index (κ2) is 2.75.